The quantitative estimate of drug-likeness (QED) is 0.536. The summed E-state index contributed by atoms with van der Waals surface area (Å²) in [6.45, 7) is 0.521. The predicted octanol–water partition coefficient (Wildman–Crippen LogP) is 2.51. The van der Waals surface area contributed by atoms with Gasteiger partial charge in [-0.3, -0.25) is 9.59 Å². The van der Waals surface area contributed by atoms with E-state index in [0.717, 1.165) is 5.56 Å². The number of carbonyl (C=O) groups is 2. The molecule has 1 amide bonds. The zero-order valence-corrected chi connectivity index (χ0v) is 10.3. The van der Waals surface area contributed by atoms with Crippen LogP contribution in [0.2, 0.25) is 0 Å². The molecule has 0 saturated heterocycles. The number of halogens is 2. The molecule has 0 spiro atoms. The van der Waals surface area contributed by atoms with Crippen LogP contribution in [-0.2, 0) is 4.79 Å². The summed E-state index contributed by atoms with van der Waals surface area (Å²) in [6.07, 6.45) is 0.682. The number of anilines is 1. The molecular weight excluding hydrogens is 261 g/mol. The van der Waals surface area contributed by atoms with Gasteiger partial charge in [-0.05, 0) is 18.1 Å². The fourth-order valence-corrected chi connectivity index (χ4v) is 2.94. The van der Waals surface area contributed by atoms with Gasteiger partial charge in [0.2, 0.25) is 0 Å². The fourth-order valence-electron chi connectivity index (χ4n) is 2.43. The Morgan fingerprint density at radius 1 is 1.24 bits per heavy atom. The summed E-state index contributed by atoms with van der Waals surface area (Å²) in [6, 6.07) is 5.34. The maximum Gasteiger partial charge on any atom is 0.253 e. The number of para-hydroxylation sites is 1. The summed E-state index contributed by atoms with van der Waals surface area (Å²) < 4.78 is 0. The Kier molecular flexibility index (Phi) is 2.42. The Morgan fingerprint density at radius 3 is 2.76 bits per heavy atom. The second-order valence-corrected chi connectivity index (χ2v) is 5.18. The van der Waals surface area contributed by atoms with Crippen LogP contribution in [0.1, 0.15) is 27.7 Å². The average Bonchev–Trinajstić information content (AvgIpc) is 2.35. The standard InChI is InChI=1S/C12H9Cl2NO2/c13-8-4-5-15-10-6(8)2-1-3-7(10)11(16)9(14)12(15)17/h1-3,8-9H,4-5H2. The number of carbonyl (C=O) groups excluding carboxylic acids is 2. The highest BCUT2D eigenvalue weighted by Gasteiger charge is 2.41. The minimum Gasteiger partial charge on any atom is -0.310 e. The summed E-state index contributed by atoms with van der Waals surface area (Å²) in [5.74, 6) is -0.657. The van der Waals surface area contributed by atoms with Gasteiger partial charge in [0.15, 0.2) is 11.2 Å². The van der Waals surface area contributed by atoms with Gasteiger partial charge in [0.25, 0.3) is 5.91 Å². The van der Waals surface area contributed by atoms with Gasteiger partial charge in [0, 0.05) is 12.1 Å². The first-order chi connectivity index (χ1) is 8.11. The van der Waals surface area contributed by atoms with Crippen molar-refractivity contribution in [2.45, 2.75) is 17.2 Å². The maximum atomic E-state index is 12.0. The lowest BCUT2D eigenvalue weighted by Gasteiger charge is -2.37. The normalized spacial score (nSPS) is 27.1. The third-order valence-electron chi connectivity index (χ3n) is 3.26. The number of Topliss-reactive ketones (excluding diaryl/α,β-unsaturated/α-hetero) is 1. The van der Waals surface area contributed by atoms with Crippen molar-refractivity contribution in [1.82, 2.24) is 0 Å². The molecule has 0 bridgehead atoms. The van der Waals surface area contributed by atoms with Crippen molar-refractivity contribution >= 4 is 40.6 Å². The van der Waals surface area contributed by atoms with E-state index < -0.39 is 5.38 Å². The van der Waals surface area contributed by atoms with Crippen molar-refractivity contribution < 1.29 is 9.59 Å². The Labute approximate surface area is 108 Å². The minimum absolute atomic E-state index is 0.145. The third kappa shape index (κ3) is 1.42. The molecule has 2 atom stereocenters. The Balaban J connectivity index is 2.28. The second-order valence-electron chi connectivity index (χ2n) is 4.22. The molecule has 1 aromatic carbocycles. The zero-order valence-electron chi connectivity index (χ0n) is 8.82. The number of rotatable bonds is 0. The van der Waals surface area contributed by atoms with Gasteiger partial charge in [0.1, 0.15) is 0 Å². The molecule has 3 nitrogen and oxygen atoms in total. The first kappa shape index (κ1) is 11.1. The van der Waals surface area contributed by atoms with Crippen LogP contribution in [0.5, 0.6) is 0 Å². The molecule has 0 radical (unpaired) electrons. The molecule has 0 aromatic heterocycles. The van der Waals surface area contributed by atoms with Crippen LogP contribution >= 0.6 is 23.2 Å². The first-order valence-electron chi connectivity index (χ1n) is 5.38. The molecule has 2 aliphatic rings. The van der Waals surface area contributed by atoms with Crippen molar-refractivity contribution in [3.63, 3.8) is 0 Å². The Morgan fingerprint density at radius 2 is 2.00 bits per heavy atom. The lowest BCUT2D eigenvalue weighted by molar-refractivity contribution is -0.117. The molecule has 0 aliphatic carbocycles. The molecule has 2 aliphatic heterocycles. The van der Waals surface area contributed by atoms with E-state index in [4.69, 9.17) is 23.2 Å². The van der Waals surface area contributed by atoms with Crippen LogP contribution in [0.15, 0.2) is 18.2 Å². The van der Waals surface area contributed by atoms with E-state index in [1.807, 2.05) is 6.07 Å². The smallest absolute Gasteiger partial charge is 0.253 e. The van der Waals surface area contributed by atoms with Crippen molar-refractivity contribution in [2.75, 3.05) is 11.4 Å². The summed E-state index contributed by atoms with van der Waals surface area (Å²) in [7, 11) is 0. The Bertz CT molecular complexity index is 529. The largest absolute Gasteiger partial charge is 0.310 e. The highest BCUT2D eigenvalue weighted by Crippen LogP contribution is 2.43. The highest BCUT2D eigenvalue weighted by molar-refractivity contribution is 6.48. The molecule has 5 heteroatoms. The summed E-state index contributed by atoms with van der Waals surface area (Å²) >= 11 is 12.1. The second kappa shape index (κ2) is 3.72. The van der Waals surface area contributed by atoms with Gasteiger partial charge in [-0.2, -0.15) is 0 Å². The molecule has 1 aromatic rings. The van der Waals surface area contributed by atoms with E-state index in [1.165, 1.54) is 0 Å². The number of amides is 1. The molecule has 2 heterocycles. The maximum absolute atomic E-state index is 12.0. The molecule has 0 N–H and O–H groups in total. The number of alkyl halides is 2. The number of hydrogen-bond donors (Lipinski definition) is 0. The highest BCUT2D eigenvalue weighted by atomic mass is 35.5. The van der Waals surface area contributed by atoms with Crippen molar-refractivity contribution in [3.8, 4) is 0 Å². The Hall–Kier alpha value is -1.06. The van der Waals surface area contributed by atoms with Crippen LogP contribution in [0.3, 0.4) is 0 Å². The minimum atomic E-state index is -1.09. The van der Waals surface area contributed by atoms with Crippen molar-refractivity contribution in [3.05, 3.63) is 29.3 Å². The summed E-state index contributed by atoms with van der Waals surface area (Å²) in [4.78, 5) is 25.5. The first-order valence-corrected chi connectivity index (χ1v) is 6.25. The lowest BCUT2D eigenvalue weighted by atomic mass is 9.90. The van der Waals surface area contributed by atoms with Crippen LogP contribution in [0, 0.1) is 0 Å². The molecular formula is C12H9Cl2NO2. The van der Waals surface area contributed by atoms with Crippen LogP contribution in [0.4, 0.5) is 5.69 Å². The topological polar surface area (TPSA) is 37.4 Å². The monoisotopic (exact) mass is 269 g/mol. The zero-order chi connectivity index (χ0) is 12.2. The van der Waals surface area contributed by atoms with E-state index in [0.29, 0.717) is 24.2 Å². The van der Waals surface area contributed by atoms with E-state index >= 15 is 0 Å². The molecule has 0 fully saturated rings. The number of benzene rings is 1. The summed E-state index contributed by atoms with van der Waals surface area (Å²) in [5, 5.41) is -1.24. The SMILES string of the molecule is O=C1c2cccc3c2N(CCC3Cl)C(=O)C1Cl. The van der Waals surface area contributed by atoms with Gasteiger partial charge >= 0.3 is 0 Å². The average molecular weight is 270 g/mol. The molecule has 0 saturated carbocycles. The molecule has 2 unspecified atom stereocenters. The fraction of sp³-hybridized carbons (Fsp3) is 0.333. The van der Waals surface area contributed by atoms with Crippen LogP contribution in [-0.4, -0.2) is 23.6 Å². The van der Waals surface area contributed by atoms with Gasteiger partial charge in [-0.15, -0.1) is 23.2 Å². The number of hydrogen-bond acceptors (Lipinski definition) is 2. The molecule has 3 rings (SSSR count). The molecule has 88 valence electrons. The summed E-state index contributed by atoms with van der Waals surface area (Å²) in [5.41, 5.74) is 2.01. The van der Waals surface area contributed by atoms with E-state index in [1.54, 1.807) is 17.0 Å². The van der Waals surface area contributed by atoms with E-state index in [2.05, 4.69) is 0 Å². The van der Waals surface area contributed by atoms with Gasteiger partial charge in [0.05, 0.1) is 11.1 Å². The number of nitrogens with zero attached hydrogens (tertiary/aromatic N) is 1. The predicted molar refractivity (Wildman–Crippen MR) is 66.0 cm³/mol. The third-order valence-corrected chi connectivity index (χ3v) is 4.10. The van der Waals surface area contributed by atoms with Gasteiger partial charge < -0.3 is 4.90 Å². The molecule has 17 heavy (non-hydrogen) atoms. The van der Waals surface area contributed by atoms with Crippen molar-refractivity contribution in [2.24, 2.45) is 0 Å². The van der Waals surface area contributed by atoms with Crippen LogP contribution < -0.4 is 4.90 Å². The van der Waals surface area contributed by atoms with E-state index in [9.17, 15) is 9.59 Å². The van der Waals surface area contributed by atoms with Crippen molar-refractivity contribution in [1.29, 1.82) is 0 Å². The van der Waals surface area contributed by atoms with Gasteiger partial charge in [-0.25, -0.2) is 0 Å². The van der Waals surface area contributed by atoms with Crippen LogP contribution in [0.25, 0.3) is 0 Å². The lowest BCUT2D eigenvalue weighted by Crippen LogP contribution is -2.48. The van der Waals surface area contributed by atoms with E-state index in [-0.39, 0.29) is 17.1 Å². The number of ketones is 1. The van der Waals surface area contributed by atoms with Gasteiger partial charge in [-0.1, -0.05) is 12.1 Å².